The summed E-state index contributed by atoms with van der Waals surface area (Å²) in [6.07, 6.45) is 5.06. The summed E-state index contributed by atoms with van der Waals surface area (Å²) in [5.41, 5.74) is 1.94. The highest BCUT2D eigenvalue weighted by Crippen LogP contribution is 2.36. The quantitative estimate of drug-likeness (QED) is 0.816. The number of benzene rings is 1. The Balaban J connectivity index is 1.96. The van der Waals surface area contributed by atoms with E-state index >= 15 is 0 Å². The topological polar surface area (TPSA) is 36.4 Å². The minimum absolute atomic E-state index is 0.103. The fourth-order valence-corrected chi connectivity index (χ4v) is 3.70. The maximum atomic E-state index is 13.1. The minimum atomic E-state index is 0.103. The van der Waals surface area contributed by atoms with Crippen LogP contribution >= 0.6 is 0 Å². The first-order valence-corrected chi connectivity index (χ1v) is 9.32. The number of likely N-dealkylation sites (tertiary alicyclic amines) is 1. The number of hydrogen-bond donors (Lipinski definition) is 0. The zero-order valence-corrected chi connectivity index (χ0v) is 15.2. The minimum Gasteiger partial charge on any atom is -0.357 e. The molecule has 0 N–H and O–H groups in total. The molecule has 0 saturated carbocycles. The van der Waals surface area contributed by atoms with Crippen molar-refractivity contribution in [1.29, 1.82) is 0 Å². The van der Waals surface area contributed by atoms with Crippen molar-refractivity contribution in [3.8, 4) is 0 Å². The summed E-state index contributed by atoms with van der Waals surface area (Å²) in [6, 6.07) is 13.8. The van der Waals surface area contributed by atoms with Crippen LogP contribution in [0.4, 0.5) is 5.82 Å². The van der Waals surface area contributed by atoms with Gasteiger partial charge in [0, 0.05) is 37.0 Å². The first-order valence-electron chi connectivity index (χ1n) is 9.32. The molecule has 1 aliphatic heterocycles. The highest BCUT2D eigenvalue weighted by atomic mass is 16.2. The van der Waals surface area contributed by atoms with Gasteiger partial charge in [-0.15, -0.1) is 0 Å². The summed E-state index contributed by atoms with van der Waals surface area (Å²) in [5.74, 6) is 1.14. The Bertz CT molecular complexity index is 697. The van der Waals surface area contributed by atoms with E-state index in [-0.39, 0.29) is 11.9 Å². The maximum absolute atomic E-state index is 13.1. The van der Waals surface area contributed by atoms with Gasteiger partial charge in [-0.1, -0.05) is 24.3 Å². The number of amides is 1. The number of carbonyl (C=O) groups is 1. The predicted molar refractivity (Wildman–Crippen MR) is 102 cm³/mol. The number of rotatable bonds is 5. The molecule has 3 rings (SSSR count). The van der Waals surface area contributed by atoms with Gasteiger partial charge in [-0.3, -0.25) is 4.79 Å². The van der Waals surface area contributed by atoms with E-state index in [2.05, 4.69) is 29.8 Å². The summed E-state index contributed by atoms with van der Waals surface area (Å²) in [6.45, 7) is 6.94. The molecule has 4 nitrogen and oxygen atoms in total. The average molecular weight is 337 g/mol. The summed E-state index contributed by atoms with van der Waals surface area (Å²) < 4.78 is 0. The van der Waals surface area contributed by atoms with Gasteiger partial charge in [-0.2, -0.15) is 0 Å². The number of hydrogen-bond acceptors (Lipinski definition) is 3. The lowest BCUT2D eigenvalue weighted by atomic mass is 9.94. The Hall–Kier alpha value is -2.36. The van der Waals surface area contributed by atoms with E-state index in [4.69, 9.17) is 0 Å². The van der Waals surface area contributed by atoms with Crippen LogP contribution < -0.4 is 4.90 Å². The van der Waals surface area contributed by atoms with E-state index < -0.39 is 0 Å². The Kier molecular flexibility index (Phi) is 5.69. The van der Waals surface area contributed by atoms with Crippen LogP contribution in [0.5, 0.6) is 0 Å². The van der Waals surface area contributed by atoms with Gasteiger partial charge < -0.3 is 9.80 Å². The van der Waals surface area contributed by atoms with Crippen molar-refractivity contribution in [2.45, 2.75) is 39.2 Å². The van der Waals surface area contributed by atoms with Crippen molar-refractivity contribution >= 4 is 11.7 Å². The molecule has 1 amide bonds. The van der Waals surface area contributed by atoms with Gasteiger partial charge in [0.2, 0.25) is 0 Å². The van der Waals surface area contributed by atoms with Crippen molar-refractivity contribution in [1.82, 2.24) is 9.88 Å². The molecular formula is C21H27N3O. The molecule has 1 aromatic heterocycles. The number of piperidine rings is 1. The van der Waals surface area contributed by atoms with Crippen LogP contribution in [0.2, 0.25) is 0 Å². The van der Waals surface area contributed by atoms with Crippen LogP contribution in [0.1, 0.15) is 55.1 Å². The normalized spacial score (nSPS) is 17.4. The van der Waals surface area contributed by atoms with Crippen LogP contribution in [0, 0.1) is 0 Å². The Labute approximate surface area is 150 Å². The number of nitrogens with zero attached hydrogens (tertiary/aromatic N) is 3. The second-order valence-corrected chi connectivity index (χ2v) is 6.46. The van der Waals surface area contributed by atoms with Crippen LogP contribution in [0.25, 0.3) is 0 Å². The lowest BCUT2D eigenvalue weighted by Crippen LogP contribution is -2.39. The Morgan fingerprint density at radius 3 is 2.60 bits per heavy atom. The molecule has 0 aliphatic carbocycles. The molecule has 0 radical (unpaired) electrons. The summed E-state index contributed by atoms with van der Waals surface area (Å²) in [7, 11) is 0. The molecule has 0 unspecified atom stereocenters. The standard InChI is InChI=1S/C21H27N3O/c1-3-23(4-2)20-18(13-10-15-22-20)19-14-8-9-16-24(19)21(25)17-11-6-5-7-12-17/h5-7,10-13,15,19H,3-4,8-9,14,16H2,1-2H3/t19-/m0/s1. The highest BCUT2D eigenvalue weighted by Gasteiger charge is 2.31. The van der Waals surface area contributed by atoms with Gasteiger partial charge >= 0.3 is 0 Å². The maximum Gasteiger partial charge on any atom is 0.254 e. The van der Waals surface area contributed by atoms with E-state index in [1.54, 1.807) is 0 Å². The van der Waals surface area contributed by atoms with E-state index in [0.29, 0.717) is 0 Å². The smallest absolute Gasteiger partial charge is 0.254 e. The van der Waals surface area contributed by atoms with E-state index in [1.807, 2.05) is 47.5 Å². The van der Waals surface area contributed by atoms with Crippen molar-refractivity contribution in [3.63, 3.8) is 0 Å². The number of pyridine rings is 1. The zero-order valence-electron chi connectivity index (χ0n) is 15.2. The third kappa shape index (κ3) is 3.68. The van der Waals surface area contributed by atoms with Crippen LogP contribution in [0.3, 0.4) is 0 Å². The monoisotopic (exact) mass is 337 g/mol. The highest BCUT2D eigenvalue weighted by molar-refractivity contribution is 5.94. The molecule has 0 bridgehead atoms. The zero-order chi connectivity index (χ0) is 17.6. The van der Waals surface area contributed by atoms with Gasteiger partial charge in [-0.05, 0) is 51.3 Å². The van der Waals surface area contributed by atoms with Crippen LogP contribution in [-0.4, -0.2) is 35.4 Å². The third-order valence-electron chi connectivity index (χ3n) is 5.02. The SMILES string of the molecule is CCN(CC)c1ncccc1[C@@H]1CCCCN1C(=O)c1ccccc1. The van der Waals surface area contributed by atoms with Crippen molar-refractivity contribution in [2.75, 3.05) is 24.5 Å². The van der Waals surface area contributed by atoms with Crippen molar-refractivity contribution in [2.24, 2.45) is 0 Å². The first-order chi connectivity index (χ1) is 12.3. The summed E-state index contributed by atoms with van der Waals surface area (Å²) in [5, 5.41) is 0. The van der Waals surface area contributed by atoms with Gasteiger partial charge in [-0.25, -0.2) is 4.98 Å². The first kappa shape index (κ1) is 17.5. The fraction of sp³-hybridized carbons (Fsp3) is 0.429. The van der Waals surface area contributed by atoms with Gasteiger partial charge in [0.25, 0.3) is 5.91 Å². The second kappa shape index (κ2) is 8.15. The van der Waals surface area contributed by atoms with Crippen molar-refractivity contribution in [3.05, 3.63) is 59.8 Å². The van der Waals surface area contributed by atoms with E-state index in [1.165, 1.54) is 5.56 Å². The molecule has 132 valence electrons. The Morgan fingerprint density at radius 2 is 1.88 bits per heavy atom. The van der Waals surface area contributed by atoms with Crippen LogP contribution in [-0.2, 0) is 0 Å². The number of aromatic nitrogens is 1. The average Bonchev–Trinajstić information content (AvgIpc) is 2.69. The Morgan fingerprint density at radius 1 is 1.12 bits per heavy atom. The van der Waals surface area contributed by atoms with Crippen molar-refractivity contribution < 1.29 is 4.79 Å². The molecular weight excluding hydrogens is 310 g/mol. The van der Waals surface area contributed by atoms with E-state index in [0.717, 1.165) is 50.3 Å². The molecule has 1 aliphatic rings. The lowest BCUT2D eigenvalue weighted by Gasteiger charge is -2.38. The molecule has 25 heavy (non-hydrogen) atoms. The lowest BCUT2D eigenvalue weighted by molar-refractivity contribution is 0.0612. The van der Waals surface area contributed by atoms with Crippen LogP contribution in [0.15, 0.2) is 48.7 Å². The molecule has 2 heterocycles. The number of carbonyl (C=O) groups excluding carboxylic acids is 1. The summed E-state index contributed by atoms with van der Waals surface area (Å²) >= 11 is 0. The molecule has 1 fully saturated rings. The second-order valence-electron chi connectivity index (χ2n) is 6.46. The van der Waals surface area contributed by atoms with Gasteiger partial charge in [0.1, 0.15) is 5.82 Å². The fourth-order valence-electron chi connectivity index (χ4n) is 3.70. The summed E-state index contributed by atoms with van der Waals surface area (Å²) in [4.78, 5) is 22.1. The molecule has 4 heteroatoms. The number of anilines is 1. The molecule has 1 atom stereocenters. The predicted octanol–water partition coefficient (Wildman–Crippen LogP) is 4.30. The van der Waals surface area contributed by atoms with Gasteiger partial charge in [0.15, 0.2) is 0 Å². The third-order valence-corrected chi connectivity index (χ3v) is 5.02. The molecule has 1 aromatic carbocycles. The molecule has 1 saturated heterocycles. The molecule has 0 spiro atoms. The van der Waals surface area contributed by atoms with Gasteiger partial charge in [0.05, 0.1) is 6.04 Å². The van der Waals surface area contributed by atoms with E-state index in [9.17, 15) is 4.79 Å². The largest absolute Gasteiger partial charge is 0.357 e. The molecule has 2 aromatic rings.